The summed E-state index contributed by atoms with van der Waals surface area (Å²) in [5.41, 5.74) is 3.31. The van der Waals surface area contributed by atoms with Crippen LogP contribution in [0.5, 0.6) is 0 Å². The normalized spacial score (nSPS) is 10.8. The monoisotopic (exact) mass is 289 g/mol. The fraction of sp³-hybridized carbons (Fsp3) is 0.375. The number of hydrogen-bond acceptors (Lipinski definition) is 3. The van der Waals surface area contributed by atoms with Crippen LogP contribution >= 0.6 is 11.6 Å². The molecule has 0 unspecified atom stereocenters. The lowest BCUT2D eigenvalue weighted by Crippen LogP contribution is -2.02. The highest BCUT2D eigenvalue weighted by Gasteiger charge is 2.09. The predicted molar refractivity (Wildman–Crippen MR) is 84.9 cm³/mol. The first-order chi connectivity index (χ1) is 9.61. The van der Waals surface area contributed by atoms with E-state index in [0.717, 1.165) is 29.9 Å². The quantitative estimate of drug-likeness (QED) is 0.791. The van der Waals surface area contributed by atoms with Gasteiger partial charge in [0.05, 0.1) is 0 Å². The smallest absolute Gasteiger partial charge is 0.138 e. The van der Waals surface area contributed by atoms with Crippen LogP contribution in [0.3, 0.4) is 0 Å². The molecule has 106 valence electrons. The van der Waals surface area contributed by atoms with E-state index >= 15 is 0 Å². The summed E-state index contributed by atoms with van der Waals surface area (Å²) >= 11 is 6.17. The third-order valence-corrected chi connectivity index (χ3v) is 3.53. The van der Waals surface area contributed by atoms with E-state index in [1.54, 1.807) is 0 Å². The molecule has 0 aliphatic carbocycles. The molecule has 0 fully saturated rings. The molecule has 3 nitrogen and oxygen atoms in total. The van der Waals surface area contributed by atoms with Crippen molar-refractivity contribution in [1.29, 1.82) is 0 Å². The van der Waals surface area contributed by atoms with Crippen molar-refractivity contribution in [2.75, 3.05) is 5.32 Å². The number of nitrogens with zero attached hydrogens (tertiary/aromatic N) is 2. The van der Waals surface area contributed by atoms with Gasteiger partial charge in [0.25, 0.3) is 0 Å². The van der Waals surface area contributed by atoms with E-state index in [1.807, 2.05) is 6.07 Å². The molecule has 20 heavy (non-hydrogen) atoms. The second kappa shape index (κ2) is 6.71. The highest BCUT2D eigenvalue weighted by atomic mass is 35.5. The highest BCUT2D eigenvalue weighted by molar-refractivity contribution is 6.30. The molecule has 0 saturated heterocycles. The van der Waals surface area contributed by atoms with Crippen LogP contribution in [0.15, 0.2) is 30.6 Å². The number of benzene rings is 1. The molecule has 0 aliphatic rings. The molecule has 0 aliphatic heterocycles. The van der Waals surface area contributed by atoms with Crippen LogP contribution in [0.2, 0.25) is 5.15 Å². The van der Waals surface area contributed by atoms with Gasteiger partial charge in [0, 0.05) is 11.3 Å². The van der Waals surface area contributed by atoms with Gasteiger partial charge >= 0.3 is 0 Å². The van der Waals surface area contributed by atoms with Crippen molar-refractivity contribution < 1.29 is 0 Å². The molecule has 0 atom stereocenters. The van der Waals surface area contributed by atoms with Crippen molar-refractivity contribution in [2.24, 2.45) is 0 Å². The molecule has 0 radical (unpaired) electrons. The molecule has 0 saturated carbocycles. The number of nitrogens with one attached hydrogen (secondary N) is 1. The number of hydrogen-bond donors (Lipinski definition) is 1. The summed E-state index contributed by atoms with van der Waals surface area (Å²) < 4.78 is 0. The van der Waals surface area contributed by atoms with Crippen LogP contribution in [0.25, 0.3) is 0 Å². The molecule has 0 amide bonds. The van der Waals surface area contributed by atoms with Crippen molar-refractivity contribution in [3.8, 4) is 0 Å². The van der Waals surface area contributed by atoms with E-state index in [2.05, 4.69) is 54.3 Å². The third-order valence-electron chi connectivity index (χ3n) is 3.21. The van der Waals surface area contributed by atoms with Crippen LogP contribution in [0, 0.1) is 0 Å². The second-order valence-corrected chi connectivity index (χ2v) is 5.50. The zero-order valence-corrected chi connectivity index (χ0v) is 12.9. The van der Waals surface area contributed by atoms with Crippen molar-refractivity contribution in [2.45, 2.75) is 39.5 Å². The first-order valence-corrected chi connectivity index (χ1v) is 7.36. The second-order valence-electron chi connectivity index (χ2n) is 5.15. The Morgan fingerprint density at radius 2 is 2.05 bits per heavy atom. The van der Waals surface area contributed by atoms with E-state index in [-0.39, 0.29) is 0 Å². The Balaban J connectivity index is 2.30. The van der Waals surface area contributed by atoms with Crippen molar-refractivity contribution >= 4 is 23.1 Å². The lowest BCUT2D eigenvalue weighted by Gasteiger charge is -2.13. The molecular formula is C16H20ClN3. The minimum atomic E-state index is 0.501. The molecule has 1 aromatic heterocycles. The summed E-state index contributed by atoms with van der Waals surface area (Å²) in [6.45, 7) is 6.48. The molecule has 2 aromatic rings. The average Bonchev–Trinajstić information content (AvgIpc) is 2.43. The molecule has 0 bridgehead atoms. The standard InChI is InChI=1S/C16H20ClN3/c1-4-6-14-15(17)18-10-19-16(14)20-13-8-5-7-12(9-13)11(2)3/h5,7-11H,4,6H2,1-3H3,(H,18,19,20). The number of rotatable bonds is 5. The van der Waals surface area contributed by atoms with Gasteiger partial charge in [0.2, 0.25) is 0 Å². The Labute approximate surface area is 125 Å². The van der Waals surface area contributed by atoms with Gasteiger partial charge in [-0.25, -0.2) is 9.97 Å². The van der Waals surface area contributed by atoms with E-state index < -0.39 is 0 Å². The van der Waals surface area contributed by atoms with Gasteiger partial charge in [-0.15, -0.1) is 0 Å². The Kier molecular flexibility index (Phi) is 4.96. The molecule has 4 heteroatoms. The van der Waals surface area contributed by atoms with Crippen LogP contribution in [0.1, 0.15) is 44.2 Å². The SMILES string of the molecule is CCCc1c(Cl)ncnc1Nc1cccc(C(C)C)c1. The maximum atomic E-state index is 6.17. The lowest BCUT2D eigenvalue weighted by atomic mass is 10.0. The first-order valence-electron chi connectivity index (χ1n) is 6.98. The third kappa shape index (κ3) is 3.48. The molecule has 1 aromatic carbocycles. The Morgan fingerprint density at radius 1 is 1.25 bits per heavy atom. The summed E-state index contributed by atoms with van der Waals surface area (Å²) in [5.74, 6) is 1.30. The number of aromatic nitrogens is 2. The van der Waals surface area contributed by atoms with Gasteiger partial charge < -0.3 is 5.32 Å². The Bertz CT molecular complexity index is 582. The summed E-state index contributed by atoms with van der Waals surface area (Å²) in [7, 11) is 0. The van der Waals surface area contributed by atoms with Crippen molar-refractivity contribution in [3.05, 3.63) is 46.9 Å². The minimum Gasteiger partial charge on any atom is -0.340 e. The van der Waals surface area contributed by atoms with Crippen LogP contribution in [-0.2, 0) is 6.42 Å². The fourth-order valence-electron chi connectivity index (χ4n) is 2.08. The van der Waals surface area contributed by atoms with Crippen LogP contribution in [-0.4, -0.2) is 9.97 Å². The zero-order chi connectivity index (χ0) is 14.5. The maximum Gasteiger partial charge on any atom is 0.138 e. The molecular weight excluding hydrogens is 270 g/mol. The summed E-state index contributed by atoms with van der Waals surface area (Å²) in [6, 6.07) is 8.38. The van der Waals surface area contributed by atoms with E-state index in [9.17, 15) is 0 Å². The summed E-state index contributed by atoms with van der Waals surface area (Å²) in [5, 5.41) is 3.89. The fourth-order valence-corrected chi connectivity index (χ4v) is 2.31. The molecule has 2 rings (SSSR count). The molecule has 0 spiro atoms. The largest absolute Gasteiger partial charge is 0.340 e. The van der Waals surface area contributed by atoms with Crippen molar-refractivity contribution in [1.82, 2.24) is 9.97 Å². The van der Waals surface area contributed by atoms with Gasteiger partial charge in [-0.2, -0.15) is 0 Å². The van der Waals surface area contributed by atoms with Gasteiger partial charge in [-0.05, 0) is 30.0 Å². The van der Waals surface area contributed by atoms with Gasteiger partial charge in [-0.3, -0.25) is 0 Å². The van der Waals surface area contributed by atoms with E-state index in [1.165, 1.54) is 11.9 Å². The summed E-state index contributed by atoms with van der Waals surface area (Å²) in [4.78, 5) is 8.38. The van der Waals surface area contributed by atoms with Gasteiger partial charge in [0.15, 0.2) is 0 Å². The zero-order valence-electron chi connectivity index (χ0n) is 12.2. The van der Waals surface area contributed by atoms with Crippen LogP contribution in [0.4, 0.5) is 11.5 Å². The lowest BCUT2D eigenvalue weighted by molar-refractivity contribution is 0.867. The van der Waals surface area contributed by atoms with Crippen LogP contribution < -0.4 is 5.32 Å². The van der Waals surface area contributed by atoms with Gasteiger partial charge in [0.1, 0.15) is 17.3 Å². The number of anilines is 2. The molecule has 1 N–H and O–H groups in total. The average molecular weight is 290 g/mol. The number of halogens is 1. The first kappa shape index (κ1) is 14.8. The Morgan fingerprint density at radius 3 is 2.75 bits per heavy atom. The van der Waals surface area contributed by atoms with Gasteiger partial charge in [-0.1, -0.05) is 50.9 Å². The Hall–Kier alpha value is -1.61. The topological polar surface area (TPSA) is 37.8 Å². The van der Waals surface area contributed by atoms with E-state index in [0.29, 0.717) is 11.1 Å². The molecule has 1 heterocycles. The minimum absolute atomic E-state index is 0.501. The predicted octanol–water partition coefficient (Wildman–Crippen LogP) is 4.95. The highest BCUT2D eigenvalue weighted by Crippen LogP contribution is 2.26. The summed E-state index contributed by atoms with van der Waals surface area (Å²) in [6.07, 6.45) is 3.37. The van der Waals surface area contributed by atoms with Crippen molar-refractivity contribution in [3.63, 3.8) is 0 Å². The van der Waals surface area contributed by atoms with E-state index in [4.69, 9.17) is 11.6 Å². The maximum absolute atomic E-state index is 6.17.